The molecule has 0 saturated carbocycles. The third-order valence-electron chi connectivity index (χ3n) is 13.2. The largest absolute Gasteiger partial charge is 0.310 e. The summed E-state index contributed by atoms with van der Waals surface area (Å²) in [6.07, 6.45) is 0. The van der Waals surface area contributed by atoms with Crippen LogP contribution in [-0.4, -0.2) is 0 Å². The van der Waals surface area contributed by atoms with Crippen LogP contribution in [0.15, 0.2) is 231 Å². The molecule has 13 rings (SSSR count). The molecule has 62 heavy (non-hydrogen) atoms. The summed E-state index contributed by atoms with van der Waals surface area (Å²) in [5.74, 6) is 0. The summed E-state index contributed by atoms with van der Waals surface area (Å²) in [5.41, 5.74) is 16.7. The van der Waals surface area contributed by atoms with E-state index in [0.29, 0.717) is 0 Å². The van der Waals surface area contributed by atoms with Gasteiger partial charge >= 0.3 is 0 Å². The van der Waals surface area contributed by atoms with E-state index in [1.54, 1.807) is 0 Å². The Labute approximate surface area is 364 Å². The molecular weight excluding hydrogens is 769 g/mol. The second kappa shape index (κ2) is 13.7. The van der Waals surface area contributed by atoms with Crippen molar-refractivity contribution in [3.8, 4) is 22.3 Å². The second-order valence-corrected chi connectivity index (χ2v) is 17.4. The maximum atomic E-state index is 2.53. The van der Waals surface area contributed by atoms with E-state index in [2.05, 4.69) is 240 Å². The van der Waals surface area contributed by atoms with Crippen LogP contribution in [0.2, 0.25) is 0 Å². The van der Waals surface area contributed by atoms with Crippen molar-refractivity contribution in [1.29, 1.82) is 0 Å². The van der Waals surface area contributed by atoms with Crippen molar-refractivity contribution < 1.29 is 0 Å². The topological polar surface area (TPSA) is 6.48 Å². The van der Waals surface area contributed by atoms with Gasteiger partial charge in [-0.05, 0) is 111 Å². The average Bonchev–Trinajstić information content (AvgIpc) is 3.98. The van der Waals surface area contributed by atoms with Crippen LogP contribution in [0.1, 0.15) is 22.3 Å². The smallest absolute Gasteiger partial charge is 0.0727 e. The van der Waals surface area contributed by atoms with E-state index in [1.165, 1.54) is 86.8 Å². The monoisotopic (exact) mass is 806 g/mol. The van der Waals surface area contributed by atoms with Gasteiger partial charge in [0.2, 0.25) is 0 Å². The van der Waals surface area contributed by atoms with E-state index in [4.69, 9.17) is 0 Å². The Kier molecular flexibility index (Phi) is 7.72. The molecule has 0 saturated heterocycles. The Morgan fingerprint density at radius 1 is 0.306 bits per heavy atom. The molecule has 1 unspecified atom stereocenters. The van der Waals surface area contributed by atoms with E-state index in [9.17, 15) is 0 Å². The number of hydrogen-bond donors (Lipinski definition) is 0. The minimum absolute atomic E-state index is 0.588. The normalized spacial score (nSPS) is 14.5. The standard InChI is InChI=1S/C59H38N2S/c1-4-20-39(21-5-1)60(40-22-6-2-7-23-40)53-38-50-56(43-27-11-10-26-42(43)53)44-28-12-15-31-47(44)59(50)48-32-16-13-29-45(48)57-49(59)33-18-34-51(57)61(41-24-8-3-9-25-41)52-35-19-37-55-58(52)46-30-14-17-36-54(46)62-55/h1-38H. The number of thiophene rings is 1. The zero-order valence-electron chi connectivity index (χ0n) is 33.7. The lowest BCUT2D eigenvalue weighted by Gasteiger charge is -2.33. The zero-order chi connectivity index (χ0) is 40.8. The van der Waals surface area contributed by atoms with Gasteiger partial charge in [0.1, 0.15) is 0 Å². The predicted molar refractivity (Wildman–Crippen MR) is 263 cm³/mol. The lowest BCUT2D eigenvalue weighted by Crippen LogP contribution is -2.26. The molecule has 290 valence electrons. The second-order valence-electron chi connectivity index (χ2n) is 16.3. The molecule has 2 aliphatic carbocycles. The van der Waals surface area contributed by atoms with Crippen LogP contribution >= 0.6 is 11.3 Å². The number of rotatable bonds is 6. The molecule has 1 atom stereocenters. The molecule has 0 bridgehead atoms. The fourth-order valence-corrected chi connectivity index (χ4v) is 12.0. The van der Waals surface area contributed by atoms with Gasteiger partial charge < -0.3 is 9.80 Å². The van der Waals surface area contributed by atoms with E-state index in [1.807, 2.05) is 11.3 Å². The molecule has 10 aromatic carbocycles. The van der Waals surface area contributed by atoms with Gasteiger partial charge in [-0.25, -0.2) is 0 Å². The number of fused-ring (bicyclic) bond motifs is 15. The van der Waals surface area contributed by atoms with Gasteiger partial charge in [0, 0.05) is 48.2 Å². The highest BCUT2D eigenvalue weighted by molar-refractivity contribution is 7.26. The van der Waals surface area contributed by atoms with Gasteiger partial charge in [0.05, 0.1) is 22.5 Å². The van der Waals surface area contributed by atoms with Gasteiger partial charge in [0.25, 0.3) is 0 Å². The van der Waals surface area contributed by atoms with Crippen molar-refractivity contribution in [2.45, 2.75) is 5.41 Å². The summed E-state index contributed by atoms with van der Waals surface area (Å²) in [4.78, 5) is 4.97. The molecule has 11 aromatic rings. The van der Waals surface area contributed by atoms with Crippen LogP contribution in [-0.2, 0) is 5.41 Å². The number of para-hydroxylation sites is 3. The number of anilines is 6. The number of nitrogens with zero attached hydrogens (tertiary/aromatic N) is 2. The molecule has 0 amide bonds. The van der Waals surface area contributed by atoms with Gasteiger partial charge in [-0.15, -0.1) is 11.3 Å². The van der Waals surface area contributed by atoms with Crippen molar-refractivity contribution >= 4 is 76.4 Å². The first-order valence-corrected chi connectivity index (χ1v) is 22.2. The van der Waals surface area contributed by atoms with Gasteiger partial charge in [-0.2, -0.15) is 0 Å². The summed E-state index contributed by atoms with van der Waals surface area (Å²) >= 11 is 1.87. The third-order valence-corrected chi connectivity index (χ3v) is 14.4. The first-order valence-electron chi connectivity index (χ1n) is 21.4. The van der Waals surface area contributed by atoms with Crippen LogP contribution in [0.5, 0.6) is 0 Å². The zero-order valence-corrected chi connectivity index (χ0v) is 34.6. The first-order chi connectivity index (χ1) is 30.8. The average molecular weight is 807 g/mol. The molecule has 0 radical (unpaired) electrons. The molecule has 3 heteroatoms. The van der Waals surface area contributed by atoms with Crippen LogP contribution < -0.4 is 9.80 Å². The van der Waals surface area contributed by atoms with Crippen LogP contribution in [0.3, 0.4) is 0 Å². The molecule has 0 fully saturated rings. The number of benzene rings is 10. The summed E-state index contributed by atoms with van der Waals surface area (Å²) in [6.45, 7) is 0. The van der Waals surface area contributed by atoms with E-state index in [-0.39, 0.29) is 0 Å². The van der Waals surface area contributed by atoms with Crippen molar-refractivity contribution in [3.63, 3.8) is 0 Å². The van der Waals surface area contributed by atoms with Crippen molar-refractivity contribution in [3.05, 3.63) is 253 Å². The summed E-state index contributed by atoms with van der Waals surface area (Å²) in [6, 6.07) is 85.3. The van der Waals surface area contributed by atoms with Gasteiger partial charge in [0.15, 0.2) is 0 Å². The van der Waals surface area contributed by atoms with Crippen LogP contribution in [0.4, 0.5) is 34.1 Å². The minimum atomic E-state index is -0.588. The Bertz CT molecular complexity index is 3500. The van der Waals surface area contributed by atoms with Crippen molar-refractivity contribution in [2.24, 2.45) is 0 Å². The van der Waals surface area contributed by atoms with E-state index in [0.717, 1.165) is 22.7 Å². The van der Waals surface area contributed by atoms with Crippen LogP contribution in [0.25, 0.3) is 53.2 Å². The molecule has 1 heterocycles. The minimum Gasteiger partial charge on any atom is -0.310 e. The first kappa shape index (κ1) is 35.1. The fourth-order valence-electron chi connectivity index (χ4n) is 10.9. The molecule has 1 spiro atoms. The van der Waals surface area contributed by atoms with Gasteiger partial charge in [-0.3, -0.25) is 0 Å². The Morgan fingerprint density at radius 2 is 0.790 bits per heavy atom. The summed E-state index contributed by atoms with van der Waals surface area (Å²) in [5, 5.41) is 5.04. The quantitative estimate of drug-likeness (QED) is 0.165. The molecule has 0 N–H and O–H groups in total. The molecule has 2 nitrogen and oxygen atoms in total. The highest BCUT2D eigenvalue weighted by Crippen LogP contribution is 2.66. The number of hydrogen-bond acceptors (Lipinski definition) is 3. The summed E-state index contributed by atoms with van der Waals surface area (Å²) in [7, 11) is 0. The lowest BCUT2D eigenvalue weighted by atomic mass is 9.70. The highest BCUT2D eigenvalue weighted by atomic mass is 32.1. The molecule has 0 aliphatic heterocycles. The maximum Gasteiger partial charge on any atom is 0.0727 e. The van der Waals surface area contributed by atoms with Crippen molar-refractivity contribution in [1.82, 2.24) is 0 Å². The fraction of sp³-hybridized carbons (Fsp3) is 0.0169. The lowest BCUT2D eigenvalue weighted by molar-refractivity contribution is 0.794. The summed E-state index contributed by atoms with van der Waals surface area (Å²) < 4.78 is 2.58. The van der Waals surface area contributed by atoms with Crippen LogP contribution in [0, 0.1) is 0 Å². The predicted octanol–water partition coefficient (Wildman–Crippen LogP) is 16.5. The molecule has 2 aliphatic rings. The Balaban J connectivity index is 1.15. The SMILES string of the molecule is c1ccc(N(c2ccccc2)c2cc3c(c4ccccc24)-c2ccccc2C32c3ccccc3-c3c(N(c4ccccc4)c4cccc5sc6ccccc6c45)cccc32)cc1. The van der Waals surface area contributed by atoms with E-state index < -0.39 is 5.41 Å². The molecule has 1 aromatic heterocycles. The third kappa shape index (κ3) is 4.85. The maximum absolute atomic E-state index is 2.53. The van der Waals surface area contributed by atoms with Crippen molar-refractivity contribution in [2.75, 3.05) is 9.80 Å². The Hall–Kier alpha value is -7.72. The molecular formula is C59H38N2S. The van der Waals surface area contributed by atoms with E-state index >= 15 is 0 Å². The highest BCUT2D eigenvalue weighted by Gasteiger charge is 2.53. The Morgan fingerprint density at radius 3 is 1.47 bits per heavy atom. The van der Waals surface area contributed by atoms with Gasteiger partial charge in [-0.1, -0.05) is 164 Å².